The first kappa shape index (κ1) is 39.1. The molecule has 0 radical (unpaired) electrons. The molecule has 0 saturated heterocycles. The van der Waals surface area contributed by atoms with E-state index in [1.54, 1.807) is 0 Å². The molecule has 0 aliphatic carbocycles. The van der Waals surface area contributed by atoms with Crippen LogP contribution < -0.4 is 18.9 Å². The molecule has 6 aromatic carbocycles. The second-order valence-electron chi connectivity index (χ2n) is 15.1. The highest BCUT2D eigenvalue weighted by Crippen LogP contribution is 2.34. The molecule has 0 aliphatic heterocycles. The van der Waals surface area contributed by atoms with Crippen molar-refractivity contribution in [3.8, 4) is 34.1 Å². The zero-order valence-electron chi connectivity index (χ0n) is 32.4. The topological polar surface area (TPSA) is 77.4 Å². The summed E-state index contributed by atoms with van der Waals surface area (Å²) in [5, 5.41) is 21.1. The fraction of sp³-hybridized carbons (Fsp3) is 0.265. The number of aryl methyl sites for hydroxylation is 1. The fourth-order valence-corrected chi connectivity index (χ4v) is 6.45. The summed E-state index contributed by atoms with van der Waals surface area (Å²) >= 11 is 0. The third kappa shape index (κ3) is 10.4. The van der Waals surface area contributed by atoms with Gasteiger partial charge in [0.05, 0.1) is 0 Å². The molecule has 0 heterocycles. The number of hydrogen-bond acceptors (Lipinski definition) is 6. The van der Waals surface area contributed by atoms with E-state index in [0.29, 0.717) is 23.0 Å². The molecule has 0 spiro atoms. The van der Waals surface area contributed by atoms with Crippen molar-refractivity contribution in [1.82, 2.24) is 0 Å². The van der Waals surface area contributed by atoms with Crippen LogP contribution in [0.2, 0.25) is 0 Å². The van der Waals surface area contributed by atoms with Crippen LogP contribution in [0.15, 0.2) is 152 Å². The minimum absolute atomic E-state index is 0.116. The normalized spacial score (nSPS) is 12.8. The maximum atomic E-state index is 10.6. The summed E-state index contributed by atoms with van der Waals surface area (Å²) < 4.78 is 23.4. The van der Waals surface area contributed by atoms with Crippen LogP contribution in [-0.4, -0.2) is 48.8 Å². The van der Waals surface area contributed by atoms with Gasteiger partial charge in [0.15, 0.2) is 0 Å². The van der Waals surface area contributed by atoms with E-state index in [1.807, 2.05) is 103 Å². The highest BCUT2D eigenvalue weighted by molar-refractivity contribution is 5.63. The molecular formula is C49H52O6. The lowest BCUT2D eigenvalue weighted by molar-refractivity contribution is 0.0626. The molecule has 0 amide bonds. The number of aliphatic hydroxyl groups excluding tert-OH is 2. The molecule has 2 atom stereocenters. The van der Waals surface area contributed by atoms with E-state index in [4.69, 9.17) is 18.9 Å². The van der Waals surface area contributed by atoms with E-state index in [9.17, 15) is 10.2 Å². The van der Waals surface area contributed by atoms with Gasteiger partial charge in [-0.05, 0) is 88.8 Å². The van der Waals surface area contributed by atoms with Gasteiger partial charge in [0, 0.05) is 10.8 Å². The van der Waals surface area contributed by atoms with Crippen molar-refractivity contribution < 1.29 is 29.2 Å². The van der Waals surface area contributed by atoms with Crippen molar-refractivity contribution in [2.45, 2.75) is 57.7 Å². The van der Waals surface area contributed by atoms with Gasteiger partial charge >= 0.3 is 0 Å². The average molecular weight is 737 g/mol. The van der Waals surface area contributed by atoms with Gasteiger partial charge in [0.25, 0.3) is 0 Å². The highest BCUT2D eigenvalue weighted by Gasteiger charge is 2.24. The highest BCUT2D eigenvalue weighted by atomic mass is 16.5. The largest absolute Gasteiger partial charge is 0.491 e. The maximum absolute atomic E-state index is 10.6. The maximum Gasteiger partial charge on any atom is 0.122 e. The van der Waals surface area contributed by atoms with Crippen LogP contribution >= 0.6 is 0 Å². The smallest absolute Gasteiger partial charge is 0.122 e. The van der Waals surface area contributed by atoms with Gasteiger partial charge in [-0.3, -0.25) is 0 Å². The molecule has 0 bridgehead atoms. The predicted octanol–water partition coefficient (Wildman–Crippen LogP) is 9.95. The van der Waals surface area contributed by atoms with Gasteiger partial charge in [0.1, 0.15) is 61.6 Å². The van der Waals surface area contributed by atoms with Crippen LogP contribution in [0.3, 0.4) is 0 Å². The quantitative estimate of drug-likeness (QED) is 0.0971. The minimum atomic E-state index is -0.785. The minimum Gasteiger partial charge on any atom is -0.491 e. The van der Waals surface area contributed by atoms with E-state index in [-0.39, 0.29) is 37.3 Å². The third-order valence-corrected chi connectivity index (χ3v) is 10.2. The summed E-state index contributed by atoms with van der Waals surface area (Å²) in [6, 6.07) is 50.6. The standard InChI is InChI=1S/C49H52O6/c1-35-11-15-38(16-12-35)48(2,3)39-17-25-45(26-18-39)54-33-43(51)34-55-47-29-21-41(22-30-47)49(4,5)40-19-27-46(28-20-40)53-32-42(50)31-52-44-23-13-37(14-24-44)36-9-7-6-8-10-36/h6-30,42-43,50-51H,31-34H2,1-5H3. The van der Waals surface area contributed by atoms with Crippen LogP contribution in [0.1, 0.15) is 55.5 Å². The number of hydrogen-bond donors (Lipinski definition) is 2. The van der Waals surface area contributed by atoms with Gasteiger partial charge in [-0.25, -0.2) is 0 Å². The fourth-order valence-electron chi connectivity index (χ4n) is 6.45. The lowest BCUT2D eigenvalue weighted by atomic mass is 9.78. The molecular weight excluding hydrogens is 685 g/mol. The molecule has 6 aromatic rings. The molecule has 0 aromatic heterocycles. The Bertz CT molecular complexity index is 2050. The lowest BCUT2D eigenvalue weighted by Crippen LogP contribution is -2.25. The Labute approximate surface area is 326 Å². The summed E-state index contributed by atoms with van der Waals surface area (Å²) in [7, 11) is 0. The van der Waals surface area contributed by atoms with Crippen molar-refractivity contribution in [3.05, 3.63) is 179 Å². The number of ether oxygens (including phenoxy) is 4. The zero-order valence-corrected chi connectivity index (χ0v) is 32.4. The summed E-state index contributed by atoms with van der Waals surface area (Å²) in [6.45, 7) is 11.4. The molecule has 6 rings (SSSR count). The second-order valence-corrected chi connectivity index (χ2v) is 15.1. The summed E-state index contributed by atoms with van der Waals surface area (Å²) in [6.07, 6.45) is -1.56. The number of aliphatic hydroxyl groups is 2. The SMILES string of the molecule is Cc1ccc(C(C)(C)c2ccc(OCC(O)COc3ccc(C(C)(C)c4ccc(OCC(O)COc5ccc(-c6ccccc6)cc5)cc4)cc3)cc2)cc1. The Morgan fingerprint density at radius 1 is 0.382 bits per heavy atom. The van der Waals surface area contributed by atoms with Crippen molar-refractivity contribution >= 4 is 0 Å². The van der Waals surface area contributed by atoms with Gasteiger partial charge in [-0.2, -0.15) is 0 Å². The van der Waals surface area contributed by atoms with E-state index < -0.39 is 12.2 Å². The Morgan fingerprint density at radius 3 is 0.982 bits per heavy atom. The summed E-state index contributed by atoms with van der Waals surface area (Å²) in [5.74, 6) is 2.76. The number of rotatable bonds is 17. The van der Waals surface area contributed by atoms with Crippen LogP contribution in [0.5, 0.6) is 23.0 Å². The third-order valence-electron chi connectivity index (χ3n) is 10.2. The average Bonchev–Trinajstić information content (AvgIpc) is 3.21. The summed E-state index contributed by atoms with van der Waals surface area (Å²) in [4.78, 5) is 0. The van der Waals surface area contributed by atoms with Crippen LogP contribution in [0.4, 0.5) is 0 Å². The molecule has 0 saturated carbocycles. The summed E-state index contributed by atoms with van der Waals surface area (Å²) in [5.41, 5.74) is 7.79. The number of benzene rings is 6. The Hall–Kier alpha value is -5.56. The van der Waals surface area contributed by atoms with Crippen LogP contribution in [-0.2, 0) is 10.8 Å². The van der Waals surface area contributed by atoms with Crippen LogP contribution in [0.25, 0.3) is 11.1 Å². The molecule has 6 heteroatoms. The van der Waals surface area contributed by atoms with E-state index >= 15 is 0 Å². The first-order valence-corrected chi connectivity index (χ1v) is 18.9. The van der Waals surface area contributed by atoms with Gasteiger partial charge < -0.3 is 29.2 Å². The molecule has 0 fully saturated rings. The van der Waals surface area contributed by atoms with Crippen LogP contribution in [0, 0.1) is 6.92 Å². The van der Waals surface area contributed by atoms with Gasteiger partial charge in [-0.15, -0.1) is 0 Å². The molecule has 284 valence electrons. The van der Waals surface area contributed by atoms with Gasteiger partial charge in [-0.1, -0.05) is 136 Å². The van der Waals surface area contributed by atoms with E-state index in [1.165, 1.54) is 16.7 Å². The lowest BCUT2D eigenvalue weighted by Gasteiger charge is -2.27. The van der Waals surface area contributed by atoms with Gasteiger partial charge in [0.2, 0.25) is 0 Å². The monoisotopic (exact) mass is 736 g/mol. The van der Waals surface area contributed by atoms with E-state index in [2.05, 4.69) is 83.1 Å². The second kappa shape index (κ2) is 17.7. The Morgan fingerprint density at radius 2 is 0.655 bits per heavy atom. The molecule has 2 N–H and O–H groups in total. The van der Waals surface area contributed by atoms with E-state index in [0.717, 1.165) is 22.3 Å². The van der Waals surface area contributed by atoms with Crippen molar-refractivity contribution in [2.75, 3.05) is 26.4 Å². The molecule has 2 unspecified atom stereocenters. The predicted molar refractivity (Wildman–Crippen MR) is 221 cm³/mol. The Balaban J connectivity index is 0.920. The first-order valence-electron chi connectivity index (χ1n) is 18.9. The first-order chi connectivity index (χ1) is 26.5. The van der Waals surface area contributed by atoms with Crippen molar-refractivity contribution in [1.29, 1.82) is 0 Å². The van der Waals surface area contributed by atoms with Crippen molar-refractivity contribution in [3.63, 3.8) is 0 Å². The van der Waals surface area contributed by atoms with Crippen molar-refractivity contribution in [2.24, 2.45) is 0 Å². The Kier molecular flexibility index (Phi) is 12.6. The molecule has 0 aliphatic rings. The zero-order chi connectivity index (χ0) is 38.8. The molecule has 55 heavy (non-hydrogen) atoms. The molecule has 6 nitrogen and oxygen atoms in total.